The molecule has 6 nitrogen and oxygen atoms in total. The Bertz CT molecular complexity index is 993. The molecule has 0 spiro atoms. The summed E-state index contributed by atoms with van der Waals surface area (Å²) in [6.45, 7) is 0.728. The van der Waals surface area contributed by atoms with Crippen LogP contribution in [0.25, 0.3) is 0 Å². The van der Waals surface area contributed by atoms with E-state index in [4.69, 9.17) is 5.73 Å². The van der Waals surface area contributed by atoms with Gasteiger partial charge < -0.3 is 11.1 Å². The van der Waals surface area contributed by atoms with E-state index in [1.165, 1.54) is 11.3 Å². The Labute approximate surface area is 163 Å². The molecule has 0 fully saturated rings. The summed E-state index contributed by atoms with van der Waals surface area (Å²) in [6, 6.07) is 16.6. The quantitative estimate of drug-likeness (QED) is 0.719. The van der Waals surface area contributed by atoms with E-state index in [-0.39, 0.29) is 11.9 Å². The molecule has 1 aromatic heterocycles. The van der Waals surface area contributed by atoms with E-state index in [1.54, 1.807) is 24.3 Å². The van der Waals surface area contributed by atoms with Crippen LogP contribution >= 0.6 is 0 Å². The molecule has 0 saturated heterocycles. The zero-order chi connectivity index (χ0) is 19.5. The smallest absolute Gasteiger partial charge is 0.251 e. The third-order valence-corrected chi connectivity index (χ3v) is 5.17. The standard InChI is InChI=1S/C22H22N4O2/c23-21(27)16-9-11-17(12-10-16)22(28)25-19-7-4-8-20-18(19)13-24-26(20)14-15-5-2-1-3-6-15/h1-3,5-6,9-13,19H,4,7-8,14H2,(H2,23,27)(H,25,28)/t19-/m1/s1. The van der Waals surface area contributed by atoms with E-state index in [0.717, 1.165) is 31.4 Å². The highest BCUT2D eigenvalue weighted by molar-refractivity contribution is 5.97. The first kappa shape index (κ1) is 18.0. The lowest BCUT2D eigenvalue weighted by Gasteiger charge is -2.24. The summed E-state index contributed by atoms with van der Waals surface area (Å²) in [5.41, 5.74) is 9.62. The molecule has 6 heteroatoms. The summed E-state index contributed by atoms with van der Waals surface area (Å²) in [7, 11) is 0. The van der Waals surface area contributed by atoms with Gasteiger partial charge in [0, 0.05) is 22.4 Å². The van der Waals surface area contributed by atoms with E-state index >= 15 is 0 Å². The molecule has 0 unspecified atom stereocenters. The topological polar surface area (TPSA) is 90.0 Å². The Morgan fingerprint density at radius 2 is 1.79 bits per heavy atom. The highest BCUT2D eigenvalue weighted by Gasteiger charge is 2.26. The molecular weight excluding hydrogens is 352 g/mol. The van der Waals surface area contributed by atoms with Gasteiger partial charge in [-0.15, -0.1) is 0 Å². The molecule has 2 aromatic carbocycles. The minimum Gasteiger partial charge on any atom is -0.366 e. The lowest BCUT2D eigenvalue weighted by molar-refractivity contribution is 0.0930. The van der Waals surface area contributed by atoms with Gasteiger partial charge in [0.05, 0.1) is 18.8 Å². The van der Waals surface area contributed by atoms with Gasteiger partial charge in [0.2, 0.25) is 5.91 Å². The van der Waals surface area contributed by atoms with Crippen molar-refractivity contribution in [3.05, 3.63) is 88.7 Å². The van der Waals surface area contributed by atoms with Crippen molar-refractivity contribution in [3.8, 4) is 0 Å². The lowest BCUT2D eigenvalue weighted by Crippen LogP contribution is -2.31. The molecule has 3 N–H and O–H groups in total. The van der Waals surface area contributed by atoms with Gasteiger partial charge in [-0.25, -0.2) is 0 Å². The molecule has 0 bridgehead atoms. The number of nitrogens with one attached hydrogen (secondary N) is 1. The fraction of sp³-hybridized carbons (Fsp3) is 0.227. The molecule has 4 rings (SSSR count). The number of hydrogen-bond donors (Lipinski definition) is 2. The number of carbonyl (C=O) groups excluding carboxylic acids is 2. The van der Waals surface area contributed by atoms with E-state index in [1.807, 2.05) is 29.1 Å². The first-order valence-corrected chi connectivity index (χ1v) is 9.41. The van der Waals surface area contributed by atoms with Gasteiger partial charge in [0.1, 0.15) is 0 Å². The van der Waals surface area contributed by atoms with Crippen LogP contribution in [0, 0.1) is 0 Å². The number of nitrogens with two attached hydrogens (primary N) is 1. The van der Waals surface area contributed by atoms with Gasteiger partial charge in [0.15, 0.2) is 0 Å². The maximum atomic E-state index is 12.6. The summed E-state index contributed by atoms with van der Waals surface area (Å²) < 4.78 is 2.03. The van der Waals surface area contributed by atoms with E-state index in [2.05, 4.69) is 22.5 Å². The number of hydrogen-bond acceptors (Lipinski definition) is 3. The maximum Gasteiger partial charge on any atom is 0.251 e. The molecule has 28 heavy (non-hydrogen) atoms. The number of carbonyl (C=O) groups is 2. The van der Waals surface area contributed by atoms with Crippen LogP contribution in [0.2, 0.25) is 0 Å². The molecule has 1 aliphatic carbocycles. The van der Waals surface area contributed by atoms with Crippen molar-refractivity contribution in [2.75, 3.05) is 0 Å². The van der Waals surface area contributed by atoms with Crippen LogP contribution in [0.4, 0.5) is 0 Å². The summed E-state index contributed by atoms with van der Waals surface area (Å²) >= 11 is 0. The predicted octanol–water partition coefficient (Wildman–Crippen LogP) is 2.84. The van der Waals surface area contributed by atoms with Crippen LogP contribution < -0.4 is 11.1 Å². The molecule has 1 atom stereocenters. The molecule has 2 amide bonds. The maximum absolute atomic E-state index is 12.6. The van der Waals surface area contributed by atoms with Crippen LogP contribution in [-0.2, 0) is 13.0 Å². The largest absolute Gasteiger partial charge is 0.366 e. The summed E-state index contributed by atoms with van der Waals surface area (Å²) in [5.74, 6) is -0.667. The monoisotopic (exact) mass is 374 g/mol. The Hall–Kier alpha value is -3.41. The van der Waals surface area contributed by atoms with Crippen molar-refractivity contribution in [1.82, 2.24) is 15.1 Å². The Kier molecular flexibility index (Phi) is 4.93. The lowest BCUT2D eigenvalue weighted by atomic mass is 9.92. The first-order chi connectivity index (χ1) is 13.6. The van der Waals surface area contributed by atoms with E-state index in [9.17, 15) is 9.59 Å². The van der Waals surface area contributed by atoms with Gasteiger partial charge >= 0.3 is 0 Å². The van der Waals surface area contributed by atoms with E-state index in [0.29, 0.717) is 11.1 Å². The molecule has 0 radical (unpaired) electrons. The van der Waals surface area contributed by atoms with E-state index < -0.39 is 5.91 Å². The molecule has 0 aliphatic heterocycles. The van der Waals surface area contributed by atoms with Crippen LogP contribution in [-0.4, -0.2) is 21.6 Å². The zero-order valence-electron chi connectivity index (χ0n) is 15.5. The Morgan fingerprint density at radius 3 is 2.50 bits per heavy atom. The fourth-order valence-corrected chi connectivity index (χ4v) is 3.69. The van der Waals surface area contributed by atoms with Crippen LogP contribution in [0.3, 0.4) is 0 Å². The third-order valence-electron chi connectivity index (χ3n) is 5.17. The third kappa shape index (κ3) is 3.67. The molecule has 1 heterocycles. The highest BCUT2D eigenvalue weighted by atomic mass is 16.2. The van der Waals surface area contributed by atoms with Crippen molar-refractivity contribution in [2.24, 2.45) is 5.73 Å². The first-order valence-electron chi connectivity index (χ1n) is 9.41. The van der Waals surface area contributed by atoms with Crippen molar-refractivity contribution >= 4 is 11.8 Å². The Morgan fingerprint density at radius 1 is 1.07 bits per heavy atom. The summed E-state index contributed by atoms with van der Waals surface area (Å²) in [4.78, 5) is 23.8. The van der Waals surface area contributed by atoms with Crippen molar-refractivity contribution < 1.29 is 9.59 Å². The van der Waals surface area contributed by atoms with Gasteiger partial charge in [-0.3, -0.25) is 14.3 Å². The molecule has 0 saturated carbocycles. The number of aromatic nitrogens is 2. The normalized spacial score (nSPS) is 15.6. The number of fused-ring (bicyclic) bond motifs is 1. The minimum absolute atomic E-state index is 0.0587. The second-order valence-electron chi connectivity index (χ2n) is 7.05. The second-order valence-corrected chi connectivity index (χ2v) is 7.05. The summed E-state index contributed by atoms with van der Waals surface area (Å²) in [6.07, 6.45) is 4.72. The minimum atomic E-state index is -0.505. The SMILES string of the molecule is NC(=O)c1ccc(C(=O)N[C@@H]2CCCc3c2cnn3Cc2ccccc2)cc1. The van der Waals surface area contributed by atoms with Crippen LogP contribution in [0.5, 0.6) is 0 Å². The molecular formula is C22H22N4O2. The number of nitrogens with zero attached hydrogens (tertiary/aromatic N) is 2. The zero-order valence-corrected chi connectivity index (χ0v) is 15.5. The van der Waals surface area contributed by atoms with Gasteiger partial charge in [0.25, 0.3) is 5.91 Å². The van der Waals surface area contributed by atoms with Crippen molar-refractivity contribution in [3.63, 3.8) is 0 Å². The number of benzene rings is 2. The van der Waals surface area contributed by atoms with Gasteiger partial charge in [-0.1, -0.05) is 30.3 Å². The summed E-state index contributed by atoms with van der Waals surface area (Å²) in [5, 5.41) is 7.68. The molecule has 142 valence electrons. The van der Waals surface area contributed by atoms with Gasteiger partial charge in [-0.2, -0.15) is 5.10 Å². The number of rotatable bonds is 5. The van der Waals surface area contributed by atoms with Crippen molar-refractivity contribution in [2.45, 2.75) is 31.8 Å². The predicted molar refractivity (Wildman–Crippen MR) is 106 cm³/mol. The average molecular weight is 374 g/mol. The van der Waals surface area contributed by atoms with Gasteiger partial charge in [-0.05, 0) is 49.1 Å². The molecule has 1 aliphatic rings. The number of amides is 2. The second kappa shape index (κ2) is 7.68. The average Bonchev–Trinajstić information content (AvgIpc) is 3.13. The van der Waals surface area contributed by atoms with Crippen LogP contribution in [0.1, 0.15) is 56.4 Å². The Balaban J connectivity index is 1.50. The van der Waals surface area contributed by atoms with Crippen molar-refractivity contribution in [1.29, 1.82) is 0 Å². The van der Waals surface area contributed by atoms with Crippen LogP contribution in [0.15, 0.2) is 60.8 Å². The highest BCUT2D eigenvalue weighted by Crippen LogP contribution is 2.30. The number of primary amides is 1. The fourth-order valence-electron chi connectivity index (χ4n) is 3.69. The molecule has 3 aromatic rings.